The first-order valence-electron chi connectivity index (χ1n) is 9.37. The maximum atomic E-state index is 13.2. The molecule has 2 aromatic heterocycles. The Bertz CT molecular complexity index is 964. The van der Waals surface area contributed by atoms with E-state index in [0.717, 1.165) is 11.3 Å². The summed E-state index contributed by atoms with van der Waals surface area (Å²) >= 11 is 0. The summed E-state index contributed by atoms with van der Waals surface area (Å²) in [6, 6.07) is 7.11. The van der Waals surface area contributed by atoms with Crippen LogP contribution in [0.25, 0.3) is 5.69 Å². The summed E-state index contributed by atoms with van der Waals surface area (Å²) < 4.78 is 13.2. The van der Waals surface area contributed by atoms with E-state index in [9.17, 15) is 4.79 Å². The lowest BCUT2D eigenvalue weighted by Crippen LogP contribution is -2.43. The highest BCUT2D eigenvalue weighted by molar-refractivity contribution is 5.95. The zero-order chi connectivity index (χ0) is 19.7. The molecule has 1 atom stereocenters. The number of carbonyl (C=O) groups excluding carboxylic acids is 1. The number of rotatable bonds is 4. The van der Waals surface area contributed by atoms with Crippen molar-refractivity contribution >= 4 is 5.91 Å². The molecule has 4 rings (SSSR count). The van der Waals surface area contributed by atoms with Crippen molar-refractivity contribution in [2.75, 3.05) is 19.8 Å². The monoisotopic (exact) mass is 381 g/mol. The summed E-state index contributed by atoms with van der Waals surface area (Å²) in [6.45, 7) is 7.25. The molecule has 1 unspecified atom stereocenters. The average Bonchev–Trinajstić information content (AvgIpc) is 3.39. The number of amides is 1. The Morgan fingerprint density at radius 3 is 2.82 bits per heavy atom. The number of benzene rings is 1. The predicted molar refractivity (Wildman–Crippen MR) is 101 cm³/mol. The number of hydrogen-bond donors (Lipinski definition) is 0. The Kier molecular flexibility index (Phi) is 4.95. The third kappa shape index (κ3) is 3.43. The highest BCUT2D eigenvalue weighted by atomic mass is 16.5. The molecule has 28 heavy (non-hydrogen) atoms. The molecule has 0 bridgehead atoms. The van der Waals surface area contributed by atoms with E-state index < -0.39 is 0 Å². The SMILES string of the molecule is Cc1cc(C(=O)N2CCOCC2c2nnc(C(C)C)o2)ccc1-n1cccn1. The lowest BCUT2D eigenvalue weighted by Gasteiger charge is -2.33. The fraction of sp³-hybridized carbons (Fsp3) is 0.400. The van der Waals surface area contributed by atoms with Gasteiger partial charge in [-0.15, -0.1) is 10.2 Å². The fourth-order valence-electron chi connectivity index (χ4n) is 3.29. The highest BCUT2D eigenvalue weighted by Crippen LogP contribution is 2.27. The summed E-state index contributed by atoms with van der Waals surface area (Å²) in [5, 5.41) is 12.5. The molecule has 1 fully saturated rings. The van der Waals surface area contributed by atoms with E-state index in [-0.39, 0.29) is 17.9 Å². The first kappa shape index (κ1) is 18.4. The second-order valence-corrected chi connectivity index (χ2v) is 7.17. The van der Waals surface area contributed by atoms with Gasteiger partial charge in [-0.2, -0.15) is 5.10 Å². The van der Waals surface area contributed by atoms with Crippen molar-refractivity contribution in [1.29, 1.82) is 0 Å². The van der Waals surface area contributed by atoms with Crippen LogP contribution in [0.3, 0.4) is 0 Å². The van der Waals surface area contributed by atoms with Crippen molar-refractivity contribution in [2.24, 2.45) is 0 Å². The van der Waals surface area contributed by atoms with Crippen LogP contribution in [0.4, 0.5) is 0 Å². The Morgan fingerprint density at radius 1 is 1.29 bits per heavy atom. The highest BCUT2D eigenvalue weighted by Gasteiger charge is 2.33. The van der Waals surface area contributed by atoms with Gasteiger partial charge in [0.15, 0.2) is 0 Å². The average molecular weight is 381 g/mol. The Balaban J connectivity index is 1.60. The van der Waals surface area contributed by atoms with E-state index in [1.165, 1.54) is 0 Å². The first-order valence-corrected chi connectivity index (χ1v) is 9.37. The third-order valence-electron chi connectivity index (χ3n) is 4.82. The van der Waals surface area contributed by atoms with Crippen molar-refractivity contribution in [1.82, 2.24) is 24.9 Å². The standard InChI is InChI=1S/C20H23N5O3/c1-13(2)18-22-23-19(28-18)17-12-27-10-9-24(17)20(26)15-5-6-16(14(3)11-15)25-8-4-7-21-25/h4-8,11,13,17H,9-10,12H2,1-3H3. The van der Waals surface area contributed by atoms with Crippen LogP contribution in [0, 0.1) is 6.92 Å². The molecule has 8 heteroatoms. The van der Waals surface area contributed by atoms with Crippen LogP contribution in [-0.2, 0) is 4.74 Å². The van der Waals surface area contributed by atoms with Gasteiger partial charge in [-0.3, -0.25) is 4.79 Å². The van der Waals surface area contributed by atoms with E-state index in [4.69, 9.17) is 9.15 Å². The summed E-state index contributed by atoms with van der Waals surface area (Å²) in [4.78, 5) is 15.0. The van der Waals surface area contributed by atoms with Crippen LogP contribution in [0.2, 0.25) is 0 Å². The van der Waals surface area contributed by atoms with Crippen molar-refractivity contribution in [3.8, 4) is 5.69 Å². The van der Waals surface area contributed by atoms with Crippen molar-refractivity contribution < 1.29 is 13.9 Å². The minimum absolute atomic E-state index is 0.0762. The molecule has 1 amide bonds. The molecule has 0 aliphatic carbocycles. The van der Waals surface area contributed by atoms with Crippen molar-refractivity contribution in [3.05, 3.63) is 59.6 Å². The summed E-state index contributed by atoms with van der Waals surface area (Å²) in [6.07, 6.45) is 3.61. The summed E-state index contributed by atoms with van der Waals surface area (Å²) in [7, 11) is 0. The maximum absolute atomic E-state index is 13.2. The molecule has 0 spiro atoms. The van der Waals surface area contributed by atoms with Crippen LogP contribution < -0.4 is 0 Å². The van der Waals surface area contributed by atoms with Crippen LogP contribution in [0.5, 0.6) is 0 Å². The molecule has 1 aromatic carbocycles. The van der Waals surface area contributed by atoms with Crippen LogP contribution in [-0.4, -0.2) is 50.5 Å². The Labute approximate surface area is 163 Å². The van der Waals surface area contributed by atoms with Gasteiger partial charge < -0.3 is 14.1 Å². The van der Waals surface area contributed by atoms with Crippen LogP contribution in [0.15, 0.2) is 41.1 Å². The zero-order valence-corrected chi connectivity index (χ0v) is 16.2. The number of hydrogen-bond acceptors (Lipinski definition) is 6. The second-order valence-electron chi connectivity index (χ2n) is 7.17. The molecule has 1 saturated heterocycles. The number of morpholine rings is 1. The second kappa shape index (κ2) is 7.55. The molecule has 8 nitrogen and oxygen atoms in total. The van der Waals surface area contributed by atoms with Gasteiger partial charge in [0, 0.05) is 30.4 Å². The first-order chi connectivity index (χ1) is 13.5. The van der Waals surface area contributed by atoms with Crippen LogP contribution >= 0.6 is 0 Å². The van der Waals surface area contributed by atoms with Gasteiger partial charge >= 0.3 is 0 Å². The normalized spacial score (nSPS) is 17.3. The smallest absolute Gasteiger partial charge is 0.254 e. The molecular formula is C20H23N5O3. The number of nitrogens with zero attached hydrogens (tertiary/aromatic N) is 5. The van der Waals surface area contributed by atoms with Gasteiger partial charge in [-0.25, -0.2) is 4.68 Å². The van der Waals surface area contributed by atoms with Gasteiger partial charge in [-0.1, -0.05) is 13.8 Å². The third-order valence-corrected chi connectivity index (χ3v) is 4.82. The molecule has 1 aliphatic heterocycles. The Hall–Kier alpha value is -3.00. The van der Waals surface area contributed by atoms with Gasteiger partial charge in [0.2, 0.25) is 11.8 Å². The number of ether oxygens (including phenoxy) is 1. The zero-order valence-electron chi connectivity index (χ0n) is 16.2. The number of carbonyl (C=O) groups is 1. The van der Waals surface area contributed by atoms with Gasteiger partial charge in [0.1, 0.15) is 6.04 Å². The predicted octanol–water partition coefficient (Wildman–Crippen LogP) is 2.90. The molecule has 3 heterocycles. The molecule has 0 N–H and O–H groups in total. The molecule has 0 saturated carbocycles. The van der Waals surface area contributed by atoms with Crippen molar-refractivity contribution in [3.63, 3.8) is 0 Å². The van der Waals surface area contributed by atoms with Crippen molar-refractivity contribution in [2.45, 2.75) is 32.7 Å². The van der Waals surface area contributed by atoms with E-state index >= 15 is 0 Å². The van der Waals surface area contributed by atoms with Gasteiger partial charge in [0.05, 0.1) is 18.9 Å². The van der Waals surface area contributed by atoms with Crippen LogP contribution in [0.1, 0.15) is 53.5 Å². The number of aromatic nitrogens is 4. The van der Waals surface area contributed by atoms with E-state index in [1.807, 2.05) is 51.2 Å². The topological polar surface area (TPSA) is 86.3 Å². The fourth-order valence-corrected chi connectivity index (χ4v) is 3.29. The quantitative estimate of drug-likeness (QED) is 0.691. The lowest BCUT2D eigenvalue weighted by atomic mass is 10.1. The number of aryl methyl sites for hydroxylation is 1. The molecule has 1 aliphatic rings. The molecule has 0 radical (unpaired) electrons. The molecule has 3 aromatic rings. The van der Waals surface area contributed by atoms with Gasteiger partial charge in [-0.05, 0) is 36.8 Å². The van der Waals surface area contributed by atoms with E-state index in [1.54, 1.807) is 15.8 Å². The lowest BCUT2D eigenvalue weighted by molar-refractivity contribution is -0.0107. The summed E-state index contributed by atoms with van der Waals surface area (Å²) in [5.74, 6) is 1.04. The van der Waals surface area contributed by atoms with Gasteiger partial charge in [0.25, 0.3) is 5.91 Å². The molecule has 146 valence electrons. The minimum Gasteiger partial charge on any atom is -0.423 e. The maximum Gasteiger partial charge on any atom is 0.254 e. The molecular weight excluding hydrogens is 358 g/mol. The van der Waals surface area contributed by atoms with E-state index in [2.05, 4.69) is 15.3 Å². The Morgan fingerprint density at radius 2 is 2.14 bits per heavy atom. The summed E-state index contributed by atoms with van der Waals surface area (Å²) in [5.41, 5.74) is 2.53. The van der Waals surface area contributed by atoms with E-state index in [0.29, 0.717) is 37.1 Å². The minimum atomic E-state index is -0.382. The largest absolute Gasteiger partial charge is 0.423 e.